The van der Waals surface area contributed by atoms with Crippen LogP contribution in [0.3, 0.4) is 0 Å². The molecular weight excluding hydrogens is 340 g/mol. The lowest BCUT2D eigenvalue weighted by molar-refractivity contribution is 0.143. The van der Waals surface area contributed by atoms with Crippen LogP contribution >= 0.6 is 11.8 Å². The van der Waals surface area contributed by atoms with Crippen molar-refractivity contribution in [2.75, 3.05) is 11.5 Å². The molecule has 144 valence electrons. The van der Waals surface area contributed by atoms with Crippen molar-refractivity contribution in [1.29, 1.82) is 0 Å². The van der Waals surface area contributed by atoms with Gasteiger partial charge in [0.15, 0.2) is 0 Å². The van der Waals surface area contributed by atoms with Crippen LogP contribution in [0.15, 0.2) is 17.7 Å². The number of aromatic hydroxyl groups is 1. The molecule has 0 saturated heterocycles. The van der Waals surface area contributed by atoms with E-state index in [-0.39, 0.29) is 5.60 Å². The molecule has 2 heterocycles. The molecule has 0 amide bonds. The fourth-order valence-corrected chi connectivity index (χ4v) is 5.44. The number of allylic oxidation sites excluding steroid dienone is 1. The minimum absolute atomic E-state index is 0.270. The van der Waals surface area contributed by atoms with Crippen molar-refractivity contribution in [2.45, 2.75) is 78.2 Å². The monoisotopic (exact) mass is 374 g/mol. The molecule has 1 aromatic carbocycles. The minimum atomic E-state index is -0.270. The molecule has 3 rings (SSSR count). The standard InChI is InChI=1S/C23H34O2S/c1-5-6-7-8-16(2)9-10-17-13-20(24)22-18-11-12-26-15-19(18)23(3,4)25-21(22)14-17/h13-14,16,24H,5-12,15H2,1-4H3. The van der Waals surface area contributed by atoms with E-state index in [0.29, 0.717) is 5.75 Å². The van der Waals surface area contributed by atoms with Gasteiger partial charge < -0.3 is 9.84 Å². The topological polar surface area (TPSA) is 29.5 Å². The van der Waals surface area contributed by atoms with Gasteiger partial charge in [0.1, 0.15) is 17.1 Å². The van der Waals surface area contributed by atoms with Gasteiger partial charge in [0.25, 0.3) is 0 Å². The molecule has 0 aromatic heterocycles. The number of ether oxygens (including phenoxy) is 1. The number of thioether (sulfide) groups is 1. The van der Waals surface area contributed by atoms with E-state index < -0.39 is 0 Å². The molecule has 0 radical (unpaired) electrons. The predicted molar refractivity (Wildman–Crippen MR) is 113 cm³/mol. The average molecular weight is 375 g/mol. The molecule has 2 aliphatic heterocycles. The van der Waals surface area contributed by atoms with Gasteiger partial charge in [0, 0.05) is 5.75 Å². The van der Waals surface area contributed by atoms with E-state index >= 15 is 0 Å². The van der Waals surface area contributed by atoms with Gasteiger partial charge in [-0.15, -0.1) is 0 Å². The van der Waals surface area contributed by atoms with E-state index in [1.807, 2.05) is 17.8 Å². The summed E-state index contributed by atoms with van der Waals surface area (Å²) in [6, 6.07) is 4.16. The third-order valence-electron chi connectivity index (χ3n) is 5.87. The third kappa shape index (κ3) is 4.24. The molecule has 1 atom stereocenters. The first-order valence-electron chi connectivity index (χ1n) is 10.3. The maximum absolute atomic E-state index is 10.8. The highest BCUT2D eigenvalue weighted by molar-refractivity contribution is 7.99. The van der Waals surface area contributed by atoms with Gasteiger partial charge in [-0.1, -0.05) is 39.5 Å². The summed E-state index contributed by atoms with van der Waals surface area (Å²) in [4.78, 5) is 0. The molecule has 0 fully saturated rings. The van der Waals surface area contributed by atoms with Crippen molar-refractivity contribution in [3.63, 3.8) is 0 Å². The maximum Gasteiger partial charge on any atom is 0.132 e. The molecule has 1 aromatic rings. The molecule has 0 bridgehead atoms. The van der Waals surface area contributed by atoms with Crippen LogP contribution in [0.4, 0.5) is 0 Å². The predicted octanol–water partition coefficient (Wildman–Crippen LogP) is 6.60. The van der Waals surface area contributed by atoms with Crippen LogP contribution in [0.1, 0.15) is 77.3 Å². The van der Waals surface area contributed by atoms with Crippen LogP contribution in [0.25, 0.3) is 5.57 Å². The number of fused-ring (bicyclic) bond motifs is 2. The molecule has 3 heteroatoms. The molecule has 2 nitrogen and oxygen atoms in total. The summed E-state index contributed by atoms with van der Waals surface area (Å²) in [6.07, 6.45) is 8.48. The van der Waals surface area contributed by atoms with Crippen LogP contribution in [-0.2, 0) is 6.42 Å². The zero-order valence-electron chi connectivity index (χ0n) is 16.9. The molecule has 1 unspecified atom stereocenters. The lowest BCUT2D eigenvalue weighted by Crippen LogP contribution is -2.37. The summed E-state index contributed by atoms with van der Waals surface area (Å²) in [5, 5.41) is 10.8. The number of benzene rings is 1. The Hall–Kier alpha value is -1.09. The van der Waals surface area contributed by atoms with Gasteiger partial charge in [-0.25, -0.2) is 0 Å². The zero-order chi connectivity index (χ0) is 18.7. The van der Waals surface area contributed by atoms with Crippen molar-refractivity contribution >= 4 is 17.3 Å². The van der Waals surface area contributed by atoms with E-state index in [1.165, 1.54) is 48.8 Å². The largest absolute Gasteiger partial charge is 0.507 e. The molecule has 0 aliphatic carbocycles. The molecule has 2 aliphatic rings. The summed E-state index contributed by atoms with van der Waals surface area (Å²) in [5.74, 6) is 4.17. The van der Waals surface area contributed by atoms with Gasteiger partial charge in [-0.3, -0.25) is 0 Å². The first kappa shape index (κ1) is 19.7. The Kier molecular flexibility index (Phi) is 6.27. The fourth-order valence-electron chi connectivity index (χ4n) is 4.22. The van der Waals surface area contributed by atoms with Gasteiger partial charge in [0.2, 0.25) is 0 Å². The van der Waals surface area contributed by atoms with Crippen molar-refractivity contribution in [2.24, 2.45) is 5.92 Å². The second-order valence-electron chi connectivity index (χ2n) is 8.50. The first-order valence-corrected chi connectivity index (χ1v) is 11.4. The van der Waals surface area contributed by atoms with E-state index in [0.717, 1.165) is 41.6 Å². The minimum Gasteiger partial charge on any atom is -0.507 e. The third-order valence-corrected chi connectivity index (χ3v) is 6.85. The number of phenols is 1. The number of aryl methyl sites for hydroxylation is 1. The molecular formula is C23H34O2S. The molecule has 1 N–H and O–H groups in total. The summed E-state index contributed by atoms with van der Waals surface area (Å²) < 4.78 is 6.37. The van der Waals surface area contributed by atoms with E-state index in [1.54, 1.807) is 0 Å². The average Bonchev–Trinajstić information content (AvgIpc) is 2.59. The van der Waals surface area contributed by atoms with Crippen LogP contribution in [0.2, 0.25) is 0 Å². The number of unbranched alkanes of at least 4 members (excludes halogenated alkanes) is 2. The quantitative estimate of drug-likeness (QED) is 0.545. The zero-order valence-corrected chi connectivity index (χ0v) is 17.7. The summed E-state index contributed by atoms with van der Waals surface area (Å²) >= 11 is 1.97. The van der Waals surface area contributed by atoms with Gasteiger partial charge in [0.05, 0.1) is 5.56 Å². The number of phenolic OH excluding ortho intramolecular Hbond substituents is 1. The fraction of sp³-hybridized carbons (Fsp3) is 0.652. The number of hydrogen-bond donors (Lipinski definition) is 1. The van der Waals surface area contributed by atoms with Crippen LogP contribution in [0, 0.1) is 5.92 Å². The SMILES string of the molecule is CCCCCC(C)CCc1cc(O)c2c(c1)OC(C)(C)C1=C2CCSC1. The smallest absolute Gasteiger partial charge is 0.132 e. The van der Waals surface area contributed by atoms with Gasteiger partial charge >= 0.3 is 0 Å². The lowest BCUT2D eigenvalue weighted by atomic mass is 9.84. The van der Waals surface area contributed by atoms with Crippen molar-refractivity contribution < 1.29 is 9.84 Å². The highest BCUT2D eigenvalue weighted by Gasteiger charge is 2.37. The summed E-state index contributed by atoms with van der Waals surface area (Å²) in [6.45, 7) is 8.94. The normalized spacial score (nSPS) is 19.5. The Morgan fingerprint density at radius 3 is 2.81 bits per heavy atom. The Labute approximate surface area is 163 Å². The van der Waals surface area contributed by atoms with Crippen LogP contribution in [-0.4, -0.2) is 22.2 Å². The number of hydrogen-bond acceptors (Lipinski definition) is 3. The van der Waals surface area contributed by atoms with E-state index in [9.17, 15) is 5.11 Å². The Morgan fingerprint density at radius 2 is 2.04 bits per heavy atom. The highest BCUT2D eigenvalue weighted by Crippen LogP contribution is 2.49. The van der Waals surface area contributed by atoms with Gasteiger partial charge in [-0.05, 0) is 73.6 Å². The second kappa shape index (κ2) is 8.29. The van der Waals surface area contributed by atoms with Gasteiger partial charge in [-0.2, -0.15) is 11.8 Å². The van der Waals surface area contributed by atoms with E-state index in [2.05, 4.69) is 33.8 Å². The summed E-state index contributed by atoms with van der Waals surface area (Å²) in [5.41, 5.74) is 4.57. The van der Waals surface area contributed by atoms with Crippen LogP contribution < -0.4 is 4.74 Å². The number of rotatable bonds is 7. The van der Waals surface area contributed by atoms with Crippen molar-refractivity contribution in [3.05, 3.63) is 28.8 Å². The first-order chi connectivity index (χ1) is 12.4. The Bertz CT molecular complexity index is 675. The second-order valence-corrected chi connectivity index (χ2v) is 9.60. The molecule has 26 heavy (non-hydrogen) atoms. The van der Waals surface area contributed by atoms with Crippen molar-refractivity contribution in [1.82, 2.24) is 0 Å². The maximum atomic E-state index is 10.8. The Balaban J connectivity index is 1.77. The lowest BCUT2D eigenvalue weighted by Gasteiger charge is -2.39. The Morgan fingerprint density at radius 1 is 1.23 bits per heavy atom. The molecule has 0 saturated carbocycles. The molecule has 0 spiro atoms. The van der Waals surface area contributed by atoms with E-state index in [4.69, 9.17) is 4.74 Å². The van der Waals surface area contributed by atoms with Crippen molar-refractivity contribution in [3.8, 4) is 11.5 Å². The highest BCUT2D eigenvalue weighted by atomic mass is 32.2. The summed E-state index contributed by atoms with van der Waals surface area (Å²) in [7, 11) is 0. The van der Waals surface area contributed by atoms with Crippen LogP contribution in [0.5, 0.6) is 11.5 Å².